The van der Waals surface area contributed by atoms with Crippen LogP contribution in [-0.2, 0) is 12.8 Å². The molecule has 0 aliphatic rings. The Morgan fingerprint density at radius 2 is 1.96 bits per heavy atom. The molecule has 0 fully saturated rings. The van der Waals surface area contributed by atoms with E-state index in [4.69, 9.17) is 16.3 Å². The van der Waals surface area contributed by atoms with Crippen molar-refractivity contribution in [3.8, 4) is 11.6 Å². The number of non-ortho nitro benzene ring substituents is 1. The van der Waals surface area contributed by atoms with E-state index in [9.17, 15) is 23.3 Å². The number of nitro groups is 1. The minimum Gasteiger partial charge on any atom is -0.470 e. The largest absolute Gasteiger partial charge is 0.470 e. The van der Waals surface area contributed by atoms with Crippen molar-refractivity contribution in [2.45, 2.75) is 12.8 Å². The van der Waals surface area contributed by atoms with E-state index in [2.05, 4.69) is 15.3 Å². The summed E-state index contributed by atoms with van der Waals surface area (Å²) in [5.74, 6) is -0.172. The number of pyridine rings is 1. The van der Waals surface area contributed by atoms with Crippen molar-refractivity contribution in [3.63, 3.8) is 0 Å². The third kappa shape index (κ3) is 4.31. The Morgan fingerprint density at radius 3 is 2.56 bits per heavy atom. The van der Waals surface area contributed by atoms with E-state index in [0.29, 0.717) is 17.6 Å². The normalized spacial score (nSPS) is 11.4. The molecule has 0 saturated heterocycles. The van der Waals surface area contributed by atoms with E-state index in [1.807, 2.05) is 0 Å². The molecule has 0 bridgehead atoms. The Balaban J connectivity index is 1.69. The summed E-state index contributed by atoms with van der Waals surface area (Å²) in [5.41, 5.74) is -0.162. The van der Waals surface area contributed by atoms with E-state index in [1.165, 1.54) is 35.1 Å². The summed E-state index contributed by atoms with van der Waals surface area (Å²) in [5, 5.41) is 18.1. The molecule has 0 amide bonds. The number of nitro benzene ring substituents is 1. The fraction of sp³-hybridized carbons (Fsp3) is 0.133. The molecule has 3 rings (SSSR count). The van der Waals surface area contributed by atoms with E-state index in [-0.39, 0.29) is 23.2 Å². The van der Waals surface area contributed by atoms with Crippen molar-refractivity contribution >= 4 is 17.3 Å². The van der Waals surface area contributed by atoms with Crippen LogP contribution in [0.2, 0.25) is 5.02 Å². The number of nitrogens with zero attached hydrogens (tertiary/aromatic N) is 5. The lowest BCUT2D eigenvalue weighted by atomic mass is 10.3. The number of ether oxygens (including phenoxy) is 1. The molecule has 0 spiro atoms. The van der Waals surface area contributed by atoms with Crippen molar-refractivity contribution in [1.29, 1.82) is 0 Å². The fourth-order valence-corrected chi connectivity index (χ4v) is 2.27. The third-order valence-electron chi connectivity index (χ3n) is 3.36. The highest BCUT2D eigenvalue weighted by atomic mass is 35.5. The van der Waals surface area contributed by atoms with Crippen molar-refractivity contribution in [2.24, 2.45) is 0 Å². The molecule has 27 heavy (non-hydrogen) atoms. The van der Waals surface area contributed by atoms with Crippen LogP contribution in [0.1, 0.15) is 11.3 Å². The Kier molecular flexibility index (Phi) is 4.95. The lowest BCUT2D eigenvalue weighted by molar-refractivity contribution is -0.384. The molecular formula is C15H9ClF3N5O3. The average molecular weight is 400 g/mol. The highest BCUT2D eigenvalue weighted by Gasteiger charge is 2.31. The highest BCUT2D eigenvalue weighted by Crippen LogP contribution is 2.33. The van der Waals surface area contributed by atoms with Crippen LogP contribution in [0.5, 0.6) is 5.88 Å². The summed E-state index contributed by atoms with van der Waals surface area (Å²) >= 11 is 5.76. The molecule has 0 atom stereocenters. The monoisotopic (exact) mass is 399 g/mol. The van der Waals surface area contributed by atoms with Crippen LogP contribution in [0, 0.1) is 10.1 Å². The first-order chi connectivity index (χ1) is 12.7. The van der Waals surface area contributed by atoms with Gasteiger partial charge in [0.1, 0.15) is 17.3 Å². The first kappa shape index (κ1) is 18.6. The van der Waals surface area contributed by atoms with Crippen LogP contribution in [0.25, 0.3) is 5.69 Å². The topological polar surface area (TPSA) is 96.0 Å². The van der Waals surface area contributed by atoms with Gasteiger partial charge in [0.05, 0.1) is 22.4 Å². The van der Waals surface area contributed by atoms with Gasteiger partial charge in [-0.25, -0.2) is 9.67 Å². The van der Waals surface area contributed by atoms with Crippen molar-refractivity contribution in [2.75, 3.05) is 0 Å². The molecule has 0 aliphatic heterocycles. The zero-order chi connectivity index (χ0) is 19.6. The van der Waals surface area contributed by atoms with Crippen LogP contribution >= 0.6 is 11.6 Å². The Morgan fingerprint density at radius 1 is 1.26 bits per heavy atom. The summed E-state index contributed by atoms with van der Waals surface area (Å²) in [6.45, 7) is -0.134. The molecule has 1 aromatic carbocycles. The highest BCUT2D eigenvalue weighted by molar-refractivity contribution is 6.31. The van der Waals surface area contributed by atoms with Gasteiger partial charge in [-0.3, -0.25) is 10.1 Å². The first-order valence-corrected chi connectivity index (χ1v) is 7.63. The Labute approximate surface area is 154 Å². The number of hydrogen-bond donors (Lipinski definition) is 0. The third-order valence-corrected chi connectivity index (χ3v) is 3.63. The molecular weight excluding hydrogens is 391 g/mol. The predicted molar refractivity (Wildman–Crippen MR) is 86.6 cm³/mol. The van der Waals surface area contributed by atoms with Crippen LogP contribution in [0.15, 0.2) is 42.7 Å². The number of benzene rings is 1. The van der Waals surface area contributed by atoms with Gasteiger partial charge in [-0.1, -0.05) is 16.8 Å². The number of alkyl halides is 3. The average Bonchev–Trinajstić information content (AvgIpc) is 3.09. The second-order valence-electron chi connectivity index (χ2n) is 5.23. The molecule has 2 heterocycles. The molecule has 0 unspecified atom stereocenters. The molecule has 140 valence electrons. The number of hydrogen-bond acceptors (Lipinski definition) is 6. The maximum Gasteiger partial charge on any atom is 0.417 e. The minimum absolute atomic E-state index is 0.0644. The van der Waals surface area contributed by atoms with Gasteiger partial charge in [0.25, 0.3) is 5.69 Å². The van der Waals surface area contributed by atoms with Gasteiger partial charge < -0.3 is 4.74 Å². The van der Waals surface area contributed by atoms with E-state index in [0.717, 1.165) is 6.07 Å². The second-order valence-corrected chi connectivity index (χ2v) is 5.63. The summed E-state index contributed by atoms with van der Waals surface area (Å²) in [4.78, 5) is 13.7. The number of aromatic nitrogens is 4. The summed E-state index contributed by atoms with van der Waals surface area (Å²) in [6, 6.07) is 6.34. The molecule has 8 nitrogen and oxygen atoms in total. The molecule has 3 aromatic rings. The van der Waals surface area contributed by atoms with Gasteiger partial charge in [-0.05, 0) is 18.2 Å². The smallest absolute Gasteiger partial charge is 0.417 e. The van der Waals surface area contributed by atoms with Gasteiger partial charge in [-0.2, -0.15) is 13.2 Å². The quantitative estimate of drug-likeness (QED) is 0.478. The zero-order valence-electron chi connectivity index (χ0n) is 13.2. The summed E-state index contributed by atoms with van der Waals surface area (Å²) in [7, 11) is 0. The Hall–Kier alpha value is -3.21. The van der Waals surface area contributed by atoms with Gasteiger partial charge in [0.15, 0.2) is 0 Å². The standard InChI is InChI=1S/C15H9ClF3N5O3/c16-13-5-9(15(17,18)19)6-20-14(13)27-8-10-7-23(22-21-10)11-1-3-12(4-2-11)24(25)26/h1-7H,8H2. The number of rotatable bonds is 5. The molecule has 0 saturated carbocycles. The first-order valence-electron chi connectivity index (χ1n) is 7.25. The predicted octanol–water partition coefficient (Wildman–Crippen LogP) is 3.82. The van der Waals surface area contributed by atoms with Crippen molar-refractivity contribution in [1.82, 2.24) is 20.0 Å². The maximum absolute atomic E-state index is 12.6. The van der Waals surface area contributed by atoms with E-state index >= 15 is 0 Å². The van der Waals surface area contributed by atoms with Gasteiger partial charge in [0, 0.05) is 18.3 Å². The van der Waals surface area contributed by atoms with E-state index in [1.54, 1.807) is 0 Å². The van der Waals surface area contributed by atoms with Crippen molar-refractivity contribution in [3.05, 3.63) is 69.1 Å². The molecule has 12 heteroatoms. The SMILES string of the molecule is O=[N+]([O-])c1ccc(-n2cc(COc3ncc(C(F)(F)F)cc3Cl)nn2)cc1. The minimum atomic E-state index is -4.55. The van der Waals surface area contributed by atoms with Crippen molar-refractivity contribution < 1.29 is 22.8 Å². The second kappa shape index (κ2) is 7.19. The van der Waals surface area contributed by atoms with Gasteiger partial charge >= 0.3 is 6.18 Å². The molecule has 2 aromatic heterocycles. The van der Waals surface area contributed by atoms with Gasteiger partial charge in [0.2, 0.25) is 5.88 Å². The van der Waals surface area contributed by atoms with Crippen LogP contribution < -0.4 is 4.74 Å². The lowest BCUT2D eigenvalue weighted by Crippen LogP contribution is -2.06. The summed E-state index contributed by atoms with van der Waals surface area (Å²) in [6.07, 6.45) is -2.43. The maximum atomic E-state index is 12.6. The van der Waals surface area contributed by atoms with Gasteiger partial charge in [-0.15, -0.1) is 5.10 Å². The molecule has 0 N–H and O–H groups in total. The number of halogens is 4. The van der Waals surface area contributed by atoms with E-state index < -0.39 is 16.7 Å². The Bertz CT molecular complexity index is 976. The molecule has 0 radical (unpaired) electrons. The van der Waals surface area contributed by atoms with Crippen LogP contribution in [0.3, 0.4) is 0 Å². The molecule has 0 aliphatic carbocycles. The zero-order valence-corrected chi connectivity index (χ0v) is 14.0. The fourth-order valence-electron chi connectivity index (χ4n) is 2.05. The summed E-state index contributed by atoms with van der Waals surface area (Å²) < 4.78 is 44.4. The lowest BCUT2D eigenvalue weighted by Gasteiger charge is -2.09. The van der Waals surface area contributed by atoms with Crippen LogP contribution in [-0.4, -0.2) is 24.9 Å². The van der Waals surface area contributed by atoms with Crippen LogP contribution in [0.4, 0.5) is 18.9 Å².